The van der Waals surface area contributed by atoms with E-state index in [-0.39, 0.29) is 12.2 Å². The van der Waals surface area contributed by atoms with E-state index in [0.717, 1.165) is 17.2 Å². The zero-order valence-electron chi connectivity index (χ0n) is 15.1. The molecule has 0 atom stereocenters. The maximum Gasteiger partial charge on any atom is 0.417 e. The Morgan fingerprint density at radius 3 is 2.29 bits per heavy atom. The van der Waals surface area contributed by atoms with Crippen LogP contribution in [0, 0.1) is 11.3 Å². The van der Waals surface area contributed by atoms with Gasteiger partial charge >= 0.3 is 6.18 Å². The quantitative estimate of drug-likeness (QED) is 0.636. The van der Waals surface area contributed by atoms with Crippen LogP contribution in [0.25, 0.3) is 11.3 Å². The van der Waals surface area contributed by atoms with Gasteiger partial charge in [0.2, 0.25) is 0 Å². The van der Waals surface area contributed by atoms with Crippen molar-refractivity contribution < 1.29 is 13.2 Å². The SMILES string of the molecule is CCc1cccc(-c2cc(C(F)(F)F)c(C#N)c(=O)n2Cc2ccccc2)c1. The second-order valence-electron chi connectivity index (χ2n) is 6.36. The lowest BCUT2D eigenvalue weighted by Crippen LogP contribution is -2.28. The second-order valence-corrected chi connectivity index (χ2v) is 6.36. The van der Waals surface area contributed by atoms with Crippen LogP contribution in [0.2, 0.25) is 0 Å². The van der Waals surface area contributed by atoms with Crippen molar-refractivity contribution >= 4 is 0 Å². The van der Waals surface area contributed by atoms with Crippen LogP contribution in [0.15, 0.2) is 65.5 Å². The number of nitrogens with zero attached hydrogens (tertiary/aromatic N) is 2. The number of rotatable bonds is 4. The highest BCUT2D eigenvalue weighted by Crippen LogP contribution is 2.34. The monoisotopic (exact) mass is 382 g/mol. The summed E-state index contributed by atoms with van der Waals surface area (Å²) in [4.78, 5) is 12.9. The molecular weight excluding hydrogens is 365 g/mol. The second kappa shape index (κ2) is 7.73. The van der Waals surface area contributed by atoms with E-state index >= 15 is 0 Å². The molecule has 0 radical (unpaired) electrons. The Kier molecular flexibility index (Phi) is 5.36. The third-order valence-corrected chi connectivity index (χ3v) is 4.53. The van der Waals surface area contributed by atoms with Gasteiger partial charge in [-0.3, -0.25) is 4.79 Å². The molecule has 0 saturated heterocycles. The molecule has 3 rings (SSSR count). The fourth-order valence-electron chi connectivity index (χ4n) is 3.09. The van der Waals surface area contributed by atoms with Gasteiger partial charge in [0.15, 0.2) is 0 Å². The molecule has 6 heteroatoms. The zero-order valence-corrected chi connectivity index (χ0v) is 15.1. The van der Waals surface area contributed by atoms with Gasteiger partial charge < -0.3 is 4.57 Å². The highest BCUT2D eigenvalue weighted by atomic mass is 19.4. The average Bonchev–Trinajstić information content (AvgIpc) is 2.69. The van der Waals surface area contributed by atoms with Crippen LogP contribution in [0.1, 0.15) is 29.2 Å². The Bertz CT molecular complexity index is 1090. The lowest BCUT2D eigenvalue weighted by molar-refractivity contribution is -0.137. The lowest BCUT2D eigenvalue weighted by atomic mass is 10.0. The van der Waals surface area contributed by atoms with E-state index in [9.17, 15) is 23.2 Å². The van der Waals surface area contributed by atoms with E-state index in [0.29, 0.717) is 12.0 Å². The Morgan fingerprint density at radius 2 is 1.68 bits per heavy atom. The van der Waals surface area contributed by atoms with E-state index in [1.165, 1.54) is 10.6 Å². The van der Waals surface area contributed by atoms with Gasteiger partial charge in [0, 0.05) is 0 Å². The average molecular weight is 382 g/mol. The minimum Gasteiger partial charge on any atom is -0.303 e. The molecule has 0 unspecified atom stereocenters. The zero-order chi connectivity index (χ0) is 20.3. The predicted molar refractivity (Wildman–Crippen MR) is 101 cm³/mol. The molecule has 0 aliphatic carbocycles. The molecule has 1 aromatic heterocycles. The minimum atomic E-state index is -4.80. The van der Waals surface area contributed by atoms with Crippen LogP contribution in [-0.2, 0) is 19.1 Å². The van der Waals surface area contributed by atoms with Crippen molar-refractivity contribution in [3.63, 3.8) is 0 Å². The summed E-state index contributed by atoms with van der Waals surface area (Å²) in [6.07, 6.45) is -4.09. The van der Waals surface area contributed by atoms with Crippen molar-refractivity contribution in [3.05, 3.63) is 93.3 Å². The molecule has 3 aromatic rings. The highest BCUT2D eigenvalue weighted by molar-refractivity contribution is 5.63. The maximum atomic E-state index is 13.5. The Balaban J connectivity index is 2.32. The first-order chi connectivity index (χ1) is 13.3. The molecule has 0 aliphatic rings. The van der Waals surface area contributed by atoms with E-state index in [1.807, 2.05) is 19.1 Å². The minimum absolute atomic E-state index is 0.0676. The van der Waals surface area contributed by atoms with Gasteiger partial charge in [0.1, 0.15) is 11.6 Å². The molecule has 0 fully saturated rings. The maximum absolute atomic E-state index is 13.5. The topological polar surface area (TPSA) is 45.8 Å². The van der Waals surface area contributed by atoms with Crippen LogP contribution in [0.5, 0.6) is 0 Å². The number of benzene rings is 2. The van der Waals surface area contributed by atoms with Crippen LogP contribution in [0.4, 0.5) is 13.2 Å². The molecule has 0 aliphatic heterocycles. The molecule has 2 aromatic carbocycles. The number of alkyl halides is 3. The summed E-state index contributed by atoms with van der Waals surface area (Å²) >= 11 is 0. The van der Waals surface area contributed by atoms with E-state index in [1.54, 1.807) is 42.5 Å². The normalized spacial score (nSPS) is 11.2. The summed E-state index contributed by atoms with van der Waals surface area (Å²) in [5.41, 5.74) is -0.716. The predicted octanol–water partition coefficient (Wildman–Crippen LogP) is 5.02. The third-order valence-electron chi connectivity index (χ3n) is 4.53. The van der Waals surface area contributed by atoms with E-state index in [4.69, 9.17) is 0 Å². The van der Waals surface area contributed by atoms with Crippen LogP contribution in [-0.4, -0.2) is 4.57 Å². The summed E-state index contributed by atoms with van der Waals surface area (Å²) in [5, 5.41) is 9.23. The third kappa shape index (κ3) is 3.84. The molecule has 0 bridgehead atoms. The molecule has 3 nitrogen and oxygen atoms in total. The van der Waals surface area contributed by atoms with Crippen molar-refractivity contribution in [2.75, 3.05) is 0 Å². The largest absolute Gasteiger partial charge is 0.417 e. The number of aromatic nitrogens is 1. The van der Waals surface area contributed by atoms with Crippen molar-refractivity contribution in [3.8, 4) is 17.3 Å². The lowest BCUT2D eigenvalue weighted by Gasteiger charge is -2.18. The molecular formula is C22H17F3N2O. The van der Waals surface area contributed by atoms with Gasteiger partial charge in [-0.15, -0.1) is 0 Å². The number of hydrogen-bond acceptors (Lipinski definition) is 2. The van der Waals surface area contributed by atoms with Gasteiger partial charge in [0.25, 0.3) is 5.56 Å². The summed E-state index contributed by atoms with van der Waals surface area (Å²) in [6, 6.07) is 18.3. The van der Waals surface area contributed by atoms with Crippen LogP contribution >= 0.6 is 0 Å². The van der Waals surface area contributed by atoms with Crippen LogP contribution in [0.3, 0.4) is 0 Å². The van der Waals surface area contributed by atoms with Gasteiger partial charge in [-0.2, -0.15) is 18.4 Å². The standard InChI is InChI=1S/C22H17F3N2O/c1-2-15-9-6-10-17(11-15)20-12-19(22(23,24)25)18(13-26)21(28)27(20)14-16-7-4-3-5-8-16/h3-12H,2,14H2,1H3. The molecule has 0 spiro atoms. The van der Waals surface area contributed by atoms with Crippen molar-refractivity contribution in [1.29, 1.82) is 5.26 Å². The van der Waals surface area contributed by atoms with Gasteiger partial charge in [0.05, 0.1) is 17.8 Å². The first-order valence-electron chi connectivity index (χ1n) is 8.73. The molecule has 142 valence electrons. The number of halogens is 3. The van der Waals surface area contributed by atoms with Crippen molar-refractivity contribution in [1.82, 2.24) is 4.57 Å². The summed E-state index contributed by atoms with van der Waals surface area (Å²) in [6.45, 7) is 2.01. The highest BCUT2D eigenvalue weighted by Gasteiger charge is 2.36. The summed E-state index contributed by atoms with van der Waals surface area (Å²) in [7, 11) is 0. The first kappa shape index (κ1) is 19.4. The first-order valence-corrected chi connectivity index (χ1v) is 8.73. The number of pyridine rings is 1. The molecule has 0 saturated carbocycles. The molecule has 28 heavy (non-hydrogen) atoms. The Labute approximate surface area is 160 Å². The van der Waals surface area contributed by atoms with Crippen molar-refractivity contribution in [2.24, 2.45) is 0 Å². The van der Waals surface area contributed by atoms with Gasteiger partial charge in [-0.1, -0.05) is 55.5 Å². The summed E-state index contributed by atoms with van der Waals surface area (Å²) < 4.78 is 41.8. The fraction of sp³-hybridized carbons (Fsp3) is 0.182. The van der Waals surface area contributed by atoms with Gasteiger partial charge in [-0.05, 0) is 35.2 Å². The van der Waals surface area contributed by atoms with Crippen molar-refractivity contribution in [2.45, 2.75) is 26.1 Å². The molecule has 0 N–H and O–H groups in total. The number of aryl methyl sites for hydroxylation is 1. The number of nitriles is 1. The van der Waals surface area contributed by atoms with Gasteiger partial charge in [-0.25, -0.2) is 0 Å². The fourth-order valence-corrected chi connectivity index (χ4v) is 3.09. The Morgan fingerprint density at radius 1 is 1.00 bits per heavy atom. The van der Waals surface area contributed by atoms with E-state index < -0.39 is 22.9 Å². The molecule has 0 amide bonds. The number of hydrogen-bond donors (Lipinski definition) is 0. The Hall–Kier alpha value is -3.33. The smallest absolute Gasteiger partial charge is 0.303 e. The summed E-state index contributed by atoms with van der Waals surface area (Å²) in [5.74, 6) is 0. The van der Waals surface area contributed by atoms with Crippen LogP contribution < -0.4 is 5.56 Å². The van der Waals surface area contributed by atoms with E-state index in [2.05, 4.69) is 0 Å². The molecule has 1 heterocycles.